The fourth-order valence-corrected chi connectivity index (χ4v) is 3.08. The van der Waals surface area contributed by atoms with Crippen molar-refractivity contribution in [3.63, 3.8) is 0 Å². The van der Waals surface area contributed by atoms with E-state index < -0.39 is 6.69 Å². The second kappa shape index (κ2) is 4.31. The maximum atomic E-state index is 6.07. The van der Waals surface area contributed by atoms with Crippen LogP contribution in [0.4, 0.5) is 0 Å². The van der Waals surface area contributed by atoms with E-state index in [0.29, 0.717) is 0 Å². The Morgan fingerprint density at radius 3 is 2.54 bits per heavy atom. The Hall–Kier alpha value is -0.243. The van der Waals surface area contributed by atoms with Crippen molar-refractivity contribution in [2.75, 3.05) is 0 Å². The summed E-state index contributed by atoms with van der Waals surface area (Å²) >= 11 is 12.1. The first-order valence-corrected chi connectivity index (χ1v) is 8.84. The zero-order valence-electron chi connectivity index (χ0n) is 7.56. The van der Waals surface area contributed by atoms with Crippen molar-refractivity contribution in [2.24, 2.45) is 0 Å². The Balaban J connectivity index is 2.94. The first kappa shape index (κ1) is 10.8. The molecular weight excluding hydrogens is 219 g/mol. The lowest BCUT2D eigenvalue weighted by Gasteiger charge is -2.12. The van der Waals surface area contributed by atoms with E-state index in [2.05, 4.69) is 6.58 Å². The van der Waals surface area contributed by atoms with Gasteiger partial charge in [-0.2, -0.15) is 0 Å². The van der Waals surface area contributed by atoms with Crippen molar-refractivity contribution in [3.05, 3.63) is 42.0 Å². The molecule has 0 N–H and O–H groups in total. The third-order valence-electron chi connectivity index (χ3n) is 1.78. The molecule has 3 heteroatoms. The summed E-state index contributed by atoms with van der Waals surface area (Å²) in [7, 11) is 0. The van der Waals surface area contributed by atoms with Gasteiger partial charge in [-0.05, 0) is 23.7 Å². The molecule has 0 fully saturated rings. The highest BCUT2D eigenvalue weighted by atomic mass is 35.7. The largest absolute Gasteiger partial charge is 0.252 e. The van der Waals surface area contributed by atoms with E-state index in [0.717, 1.165) is 11.6 Å². The van der Waals surface area contributed by atoms with Crippen LogP contribution in [0.5, 0.6) is 0 Å². The van der Waals surface area contributed by atoms with E-state index >= 15 is 0 Å². The van der Waals surface area contributed by atoms with E-state index in [1.165, 1.54) is 5.56 Å². The summed E-state index contributed by atoms with van der Waals surface area (Å²) in [6.07, 6.45) is 1.84. The van der Waals surface area contributed by atoms with E-state index in [1.807, 2.05) is 36.9 Å². The molecule has 1 aromatic rings. The van der Waals surface area contributed by atoms with Crippen LogP contribution >= 0.6 is 22.2 Å². The minimum Gasteiger partial charge on any atom is -0.146 e. The van der Waals surface area contributed by atoms with Crippen LogP contribution in [0.25, 0.3) is 6.08 Å². The molecule has 0 aliphatic heterocycles. The summed E-state index contributed by atoms with van der Waals surface area (Å²) in [5.74, 6) is 0. The van der Waals surface area contributed by atoms with Crippen molar-refractivity contribution in [1.29, 1.82) is 0 Å². The van der Waals surface area contributed by atoms with E-state index in [4.69, 9.17) is 22.2 Å². The second-order valence-corrected chi connectivity index (χ2v) is 11.2. The first-order valence-electron chi connectivity index (χ1n) is 4.11. The van der Waals surface area contributed by atoms with Gasteiger partial charge in [0.2, 0.25) is 0 Å². The molecule has 0 unspecified atom stereocenters. The summed E-state index contributed by atoms with van der Waals surface area (Å²) in [6.45, 7) is 3.63. The molecule has 13 heavy (non-hydrogen) atoms. The minimum atomic E-state index is -2.05. The minimum absolute atomic E-state index is 0.776. The summed E-state index contributed by atoms with van der Waals surface area (Å²) in [4.78, 5) is 0. The van der Waals surface area contributed by atoms with Crippen molar-refractivity contribution in [1.82, 2.24) is 0 Å². The summed E-state index contributed by atoms with van der Waals surface area (Å²) in [5, 5.41) is 0. The molecule has 0 aliphatic carbocycles. The summed E-state index contributed by atoms with van der Waals surface area (Å²) in [5.41, 5.74) is 2.32. The zero-order valence-corrected chi connectivity index (χ0v) is 10.1. The van der Waals surface area contributed by atoms with Crippen LogP contribution in [0, 0.1) is 0 Å². The third kappa shape index (κ3) is 3.55. The third-order valence-corrected chi connectivity index (χ3v) is 3.58. The zero-order chi connectivity index (χ0) is 9.90. The molecule has 0 saturated heterocycles. The Bertz CT molecular complexity index is 302. The normalized spacial score (nSPS) is 11.3. The highest BCUT2D eigenvalue weighted by Crippen LogP contribution is 2.22. The molecule has 0 heterocycles. The maximum Gasteiger partial charge on any atom is 0.252 e. The van der Waals surface area contributed by atoms with Gasteiger partial charge < -0.3 is 0 Å². The Morgan fingerprint density at radius 1 is 1.38 bits per heavy atom. The first-order chi connectivity index (χ1) is 6.03. The van der Waals surface area contributed by atoms with Gasteiger partial charge in [0.15, 0.2) is 0 Å². The standard InChI is InChI=1S/C10H12Cl2Si/c1-3-9-6-4-5-7-10(9)8-13(2,11)12/h3-7H,1,8H2,2H3. The molecule has 0 amide bonds. The fraction of sp³-hybridized carbons (Fsp3) is 0.200. The SMILES string of the molecule is C=Cc1ccccc1C[Si](C)(Cl)Cl. The lowest BCUT2D eigenvalue weighted by molar-refractivity contribution is 1.35. The molecule has 0 nitrogen and oxygen atoms in total. The lowest BCUT2D eigenvalue weighted by Crippen LogP contribution is -2.18. The summed E-state index contributed by atoms with van der Waals surface area (Å²) < 4.78 is 0. The molecule has 1 aromatic carbocycles. The molecule has 0 aliphatic rings. The number of hydrogen-bond acceptors (Lipinski definition) is 0. The predicted molar refractivity (Wildman–Crippen MR) is 63.6 cm³/mol. The van der Waals surface area contributed by atoms with Crippen LogP contribution in [0.2, 0.25) is 6.55 Å². The number of benzene rings is 1. The second-order valence-electron chi connectivity index (χ2n) is 3.15. The average molecular weight is 231 g/mol. The Labute approximate surface area is 89.6 Å². The molecule has 0 radical (unpaired) electrons. The van der Waals surface area contributed by atoms with Crippen LogP contribution in [0.1, 0.15) is 11.1 Å². The molecule has 0 saturated carbocycles. The smallest absolute Gasteiger partial charge is 0.146 e. The fourth-order valence-electron chi connectivity index (χ4n) is 1.23. The van der Waals surface area contributed by atoms with Gasteiger partial charge in [-0.1, -0.05) is 36.9 Å². The van der Waals surface area contributed by atoms with Crippen LogP contribution < -0.4 is 0 Å². The van der Waals surface area contributed by atoms with Gasteiger partial charge in [-0.15, -0.1) is 22.2 Å². The van der Waals surface area contributed by atoms with E-state index in [1.54, 1.807) is 0 Å². The molecule has 0 bridgehead atoms. The van der Waals surface area contributed by atoms with Gasteiger partial charge in [-0.3, -0.25) is 0 Å². The molecule has 1 rings (SSSR count). The predicted octanol–water partition coefficient (Wildman–Crippen LogP) is 3.96. The topological polar surface area (TPSA) is 0 Å². The Morgan fingerprint density at radius 2 is 2.00 bits per heavy atom. The van der Waals surface area contributed by atoms with E-state index in [9.17, 15) is 0 Å². The van der Waals surface area contributed by atoms with Crippen LogP contribution in [0.15, 0.2) is 30.8 Å². The monoisotopic (exact) mass is 230 g/mol. The number of rotatable bonds is 3. The molecular formula is C10H12Cl2Si. The van der Waals surface area contributed by atoms with Crippen molar-refractivity contribution in [3.8, 4) is 0 Å². The van der Waals surface area contributed by atoms with Crippen LogP contribution in [-0.4, -0.2) is 6.69 Å². The van der Waals surface area contributed by atoms with Crippen molar-refractivity contribution in [2.45, 2.75) is 12.6 Å². The van der Waals surface area contributed by atoms with Gasteiger partial charge in [0.25, 0.3) is 6.69 Å². The summed E-state index contributed by atoms with van der Waals surface area (Å²) in [6, 6.07) is 8.83. The van der Waals surface area contributed by atoms with E-state index in [-0.39, 0.29) is 0 Å². The van der Waals surface area contributed by atoms with Gasteiger partial charge >= 0.3 is 0 Å². The van der Waals surface area contributed by atoms with Gasteiger partial charge in [0, 0.05) is 0 Å². The highest BCUT2D eigenvalue weighted by molar-refractivity contribution is 7.44. The highest BCUT2D eigenvalue weighted by Gasteiger charge is 2.22. The molecule has 0 atom stereocenters. The lowest BCUT2D eigenvalue weighted by atomic mass is 10.1. The Kier molecular flexibility index (Phi) is 3.60. The van der Waals surface area contributed by atoms with Gasteiger partial charge in [-0.25, -0.2) is 0 Å². The quantitative estimate of drug-likeness (QED) is 0.545. The van der Waals surface area contributed by atoms with Crippen molar-refractivity contribution >= 4 is 34.9 Å². The average Bonchev–Trinajstić information content (AvgIpc) is 2.02. The van der Waals surface area contributed by atoms with Gasteiger partial charge in [0.1, 0.15) is 0 Å². The molecule has 0 spiro atoms. The van der Waals surface area contributed by atoms with Crippen molar-refractivity contribution < 1.29 is 0 Å². The maximum absolute atomic E-state index is 6.07. The number of hydrogen-bond donors (Lipinski definition) is 0. The molecule has 70 valence electrons. The van der Waals surface area contributed by atoms with Gasteiger partial charge in [0.05, 0.1) is 0 Å². The number of halogens is 2. The van der Waals surface area contributed by atoms with Crippen LogP contribution in [0.3, 0.4) is 0 Å². The molecule has 0 aromatic heterocycles. The van der Waals surface area contributed by atoms with Crippen LogP contribution in [-0.2, 0) is 6.04 Å².